The monoisotopic (exact) mass is 246 g/mol. The summed E-state index contributed by atoms with van der Waals surface area (Å²) in [5.74, 6) is -0.0968. The van der Waals surface area contributed by atoms with Gasteiger partial charge in [0.2, 0.25) is 0 Å². The quantitative estimate of drug-likeness (QED) is 0.816. The lowest BCUT2D eigenvalue weighted by Crippen LogP contribution is -2.26. The molecule has 0 N–H and O–H groups in total. The average molecular weight is 247 g/mol. The van der Waals surface area contributed by atoms with Crippen LogP contribution in [0.4, 0.5) is 5.69 Å². The van der Waals surface area contributed by atoms with Crippen LogP contribution in [0.5, 0.6) is 0 Å². The van der Waals surface area contributed by atoms with Gasteiger partial charge in [-0.2, -0.15) is 0 Å². The highest BCUT2D eigenvalue weighted by molar-refractivity contribution is 6.30. The Kier molecular flexibility index (Phi) is 3.40. The van der Waals surface area contributed by atoms with Crippen LogP contribution in [0.1, 0.15) is 10.4 Å². The van der Waals surface area contributed by atoms with Gasteiger partial charge in [0, 0.05) is 30.2 Å². The summed E-state index contributed by atoms with van der Waals surface area (Å²) < 4.78 is 0. The molecular formula is C13H11ClN2O. The van der Waals surface area contributed by atoms with E-state index in [2.05, 4.69) is 4.98 Å². The summed E-state index contributed by atoms with van der Waals surface area (Å²) in [5, 5.41) is 0.649. The minimum Gasteiger partial charge on any atom is -0.311 e. The van der Waals surface area contributed by atoms with E-state index in [1.165, 1.54) is 0 Å². The first kappa shape index (κ1) is 11.6. The zero-order valence-electron chi connectivity index (χ0n) is 9.30. The number of hydrogen-bond acceptors (Lipinski definition) is 2. The fourth-order valence-electron chi connectivity index (χ4n) is 1.46. The van der Waals surface area contributed by atoms with Crippen molar-refractivity contribution in [2.45, 2.75) is 0 Å². The zero-order chi connectivity index (χ0) is 12.3. The molecule has 4 heteroatoms. The Bertz CT molecular complexity index is 511. The van der Waals surface area contributed by atoms with Crippen LogP contribution < -0.4 is 4.90 Å². The third-order valence-corrected chi connectivity index (χ3v) is 2.68. The molecule has 0 radical (unpaired) electrons. The molecule has 17 heavy (non-hydrogen) atoms. The molecule has 0 aliphatic carbocycles. The molecule has 0 saturated carbocycles. The first-order valence-electron chi connectivity index (χ1n) is 5.12. The molecule has 3 nitrogen and oxygen atoms in total. The van der Waals surface area contributed by atoms with Gasteiger partial charge in [-0.15, -0.1) is 0 Å². The predicted octanol–water partition coefficient (Wildman–Crippen LogP) is 3.01. The SMILES string of the molecule is CN(C(=O)c1cccnc1)c1ccc(Cl)cc1. The Morgan fingerprint density at radius 2 is 1.94 bits per heavy atom. The van der Waals surface area contributed by atoms with Crippen molar-refractivity contribution < 1.29 is 4.79 Å². The Morgan fingerprint density at radius 3 is 2.53 bits per heavy atom. The highest BCUT2D eigenvalue weighted by Gasteiger charge is 2.12. The van der Waals surface area contributed by atoms with Crippen molar-refractivity contribution in [3.63, 3.8) is 0 Å². The van der Waals surface area contributed by atoms with Crippen molar-refractivity contribution >= 4 is 23.2 Å². The zero-order valence-corrected chi connectivity index (χ0v) is 10.1. The van der Waals surface area contributed by atoms with Crippen LogP contribution in [0.15, 0.2) is 48.8 Å². The molecule has 0 bridgehead atoms. The van der Waals surface area contributed by atoms with Crippen molar-refractivity contribution in [2.75, 3.05) is 11.9 Å². The smallest absolute Gasteiger partial charge is 0.259 e. The largest absolute Gasteiger partial charge is 0.311 e. The van der Waals surface area contributed by atoms with E-state index in [1.807, 2.05) is 0 Å². The molecule has 0 fully saturated rings. The summed E-state index contributed by atoms with van der Waals surface area (Å²) >= 11 is 5.80. The minimum atomic E-state index is -0.0968. The van der Waals surface area contributed by atoms with E-state index in [9.17, 15) is 4.79 Å². The number of hydrogen-bond donors (Lipinski definition) is 0. The van der Waals surface area contributed by atoms with E-state index < -0.39 is 0 Å². The lowest BCUT2D eigenvalue weighted by molar-refractivity contribution is 0.0992. The lowest BCUT2D eigenvalue weighted by Gasteiger charge is -2.17. The minimum absolute atomic E-state index is 0.0968. The van der Waals surface area contributed by atoms with Crippen LogP contribution in [0, 0.1) is 0 Å². The molecule has 0 atom stereocenters. The van der Waals surface area contributed by atoms with Crippen LogP contribution in [-0.4, -0.2) is 17.9 Å². The van der Waals surface area contributed by atoms with Gasteiger partial charge < -0.3 is 4.90 Å². The number of aromatic nitrogens is 1. The third-order valence-electron chi connectivity index (χ3n) is 2.43. The average Bonchev–Trinajstić information content (AvgIpc) is 2.39. The number of carbonyl (C=O) groups excluding carboxylic acids is 1. The van der Waals surface area contributed by atoms with Gasteiger partial charge >= 0.3 is 0 Å². The molecule has 1 heterocycles. The van der Waals surface area contributed by atoms with Crippen molar-refractivity contribution in [1.82, 2.24) is 4.98 Å². The van der Waals surface area contributed by atoms with Gasteiger partial charge in [0.15, 0.2) is 0 Å². The van der Waals surface area contributed by atoms with E-state index in [0.717, 1.165) is 5.69 Å². The van der Waals surface area contributed by atoms with Gasteiger partial charge in [0.25, 0.3) is 5.91 Å². The van der Waals surface area contributed by atoms with E-state index in [-0.39, 0.29) is 5.91 Å². The van der Waals surface area contributed by atoms with E-state index in [1.54, 1.807) is 60.7 Å². The first-order chi connectivity index (χ1) is 8.18. The normalized spacial score (nSPS) is 10.0. The summed E-state index contributed by atoms with van der Waals surface area (Å²) in [6.07, 6.45) is 3.19. The molecule has 86 valence electrons. The molecule has 0 unspecified atom stereocenters. The van der Waals surface area contributed by atoms with E-state index in [0.29, 0.717) is 10.6 Å². The molecular weight excluding hydrogens is 236 g/mol. The van der Waals surface area contributed by atoms with E-state index >= 15 is 0 Å². The second-order valence-electron chi connectivity index (χ2n) is 3.58. The standard InChI is InChI=1S/C13H11ClN2O/c1-16(12-6-4-11(14)5-7-12)13(17)10-3-2-8-15-9-10/h2-9H,1H3. The molecule has 0 saturated heterocycles. The van der Waals surface area contributed by atoms with Gasteiger partial charge in [0.05, 0.1) is 5.56 Å². The molecule has 0 aliphatic rings. The van der Waals surface area contributed by atoms with Gasteiger partial charge in [-0.25, -0.2) is 0 Å². The van der Waals surface area contributed by atoms with Crippen LogP contribution in [0.25, 0.3) is 0 Å². The maximum atomic E-state index is 12.1. The maximum absolute atomic E-state index is 12.1. The fourth-order valence-corrected chi connectivity index (χ4v) is 1.59. The first-order valence-corrected chi connectivity index (χ1v) is 5.50. The fraction of sp³-hybridized carbons (Fsp3) is 0.0769. The van der Waals surface area contributed by atoms with Crippen molar-refractivity contribution in [3.8, 4) is 0 Å². The molecule has 2 aromatic rings. The highest BCUT2D eigenvalue weighted by Crippen LogP contribution is 2.18. The lowest BCUT2D eigenvalue weighted by atomic mass is 10.2. The van der Waals surface area contributed by atoms with Crippen molar-refractivity contribution in [1.29, 1.82) is 0 Å². The summed E-state index contributed by atoms with van der Waals surface area (Å²) in [4.78, 5) is 17.6. The molecule has 0 aliphatic heterocycles. The maximum Gasteiger partial charge on any atom is 0.259 e. The molecule has 0 spiro atoms. The topological polar surface area (TPSA) is 33.2 Å². The summed E-state index contributed by atoms with van der Waals surface area (Å²) in [6, 6.07) is 10.6. The predicted molar refractivity (Wildman–Crippen MR) is 68.4 cm³/mol. The number of pyridine rings is 1. The molecule has 1 aromatic heterocycles. The van der Waals surface area contributed by atoms with Gasteiger partial charge in [-0.1, -0.05) is 11.6 Å². The Balaban J connectivity index is 2.23. The molecule has 1 aromatic carbocycles. The van der Waals surface area contributed by atoms with Crippen LogP contribution in [0.2, 0.25) is 5.02 Å². The Labute approximate surface area is 105 Å². The number of carbonyl (C=O) groups is 1. The number of anilines is 1. The van der Waals surface area contributed by atoms with Gasteiger partial charge in [0.1, 0.15) is 0 Å². The number of benzene rings is 1. The number of rotatable bonds is 2. The van der Waals surface area contributed by atoms with Crippen LogP contribution in [-0.2, 0) is 0 Å². The third kappa shape index (κ3) is 2.63. The Hall–Kier alpha value is -1.87. The van der Waals surface area contributed by atoms with Crippen molar-refractivity contribution in [2.24, 2.45) is 0 Å². The number of halogens is 1. The second-order valence-corrected chi connectivity index (χ2v) is 4.02. The van der Waals surface area contributed by atoms with Crippen LogP contribution in [0.3, 0.4) is 0 Å². The van der Waals surface area contributed by atoms with Crippen LogP contribution >= 0.6 is 11.6 Å². The Morgan fingerprint density at radius 1 is 1.24 bits per heavy atom. The summed E-state index contributed by atoms with van der Waals surface area (Å²) in [5.41, 5.74) is 1.35. The highest BCUT2D eigenvalue weighted by atomic mass is 35.5. The number of amides is 1. The summed E-state index contributed by atoms with van der Waals surface area (Å²) in [6.45, 7) is 0. The number of nitrogens with zero attached hydrogens (tertiary/aromatic N) is 2. The van der Waals surface area contributed by atoms with Gasteiger partial charge in [-0.05, 0) is 36.4 Å². The summed E-state index contributed by atoms with van der Waals surface area (Å²) in [7, 11) is 1.72. The molecule has 1 amide bonds. The van der Waals surface area contributed by atoms with Crippen molar-refractivity contribution in [3.05, 3.63) is 59.4 Å². The second kappa shape index (κ2) is 4.97. The van der Waals surface area contributed by atoms with E-state index in [4.69, 9.17) is 11.6 Å². The molecule has 2 rings (SSSR count). The van der Waals surface area contributed by atoms with Gasteiger partial charge in [-0.3, -0.25) is 9.78 Å².